The van der Waals surface area contributed by atoms with E-state index < -0.39 is 6.10 Å². The van der Waals surface area contributed by atoms with Crippen LogP contribution in [-0.2, 0) is 6.54 Å². The highest BCUT2D eigenvalue weighted by atomic mass is 16.3. The van der Waals surface area contributed by atoms with Crippen LogP contribution in [0.25, 0.3) is 11.0 Å². The van der Waals surface area contributed by atoms with Crippen molar-refractivity contribution in [2.45, 2.75) is 45.0 Å². The summed E-state index contributed by atoms with van der Waals surface area (Å²) in [6.07, 6.45) is 0.149. The standard InChI is InChI=1S/C14H19N3O2/c1-8(2)15-11-6-7-17-12-9(13(11)18)4-3-5-10(12)16-14(17)19/h3-5,8,11,13,15,18H,6-7H2,1-2H3,(H,16,19)/t11-,13-/m1/s1/i6+1,7+1,11+1. The van der Waals surface area contributed by atoms with Gasteiger partial charge in [0.2, 0.25) is 0 Å². The minimum atomic E-state index is -0.588. The van der Waals surface area contributed by atoms with Crippen molar-refractivity contribution in [3.8, 4) is 0 Å². The molecule has 19 heavy (non-hydrogen) atoms. The lowest BCUT2D eigenvalue weighted by molar-refractivity contribution is 0.121. The van der Waals surface area contributed by atoms with Crippen molar-refractivity contribution in [2.75, 3.05) is 0 Å². The summed E-state index contributed by atoms with van der Waals surface area (Å²) < 4.78 is 1.73. The highest BCUT2D eigenvalue weighted by Gasteiger charge is 2.28. The molecule has 1 aliphatic rings. The molecule has 0 unspecified atom stereocenters. The van der Waals surface area contributed by atoms with E-state index in [1.807, 2.05) is 18.2 Å². The van der Waals surface area contributed by atoms with E-state index >= 15 is 0 Å². The Balaban J connectivity index is 2.14. The molecule has 3 N–H and O–H groups in total. The number of aryl methyl sites for hydroxylation is 1. The van der Waals surface area contributed by atoms with Crippen molar-refractivity contribution in [1.29, 1.82) is 0 Å². The largest absolute Gasteiger partial charge is 0.387 e. The molecule has 5 heteroatoms. The maximum atomic E-state index is 11.9. The molecule has 0 amide bonds. The Morgan fingerprint density at radius 1 is 1.47 bits per heavy atom. The molecule has 1 aromatic carbocycles. The van der Waals surface area contributed by atoms with Crippen molar-refractivity contribution in [3.63, 3.8) is 0 Å². The molecule has 102 valence electrons. The molecule has 2 heterocycles. The normalized spacial score (nSPS) is 22.9. The van der Waals surface area contributed by atoms with Gasteiger partial charge in [0, 0.05) is 24.2 Å². The Hall–Kier alpha value is -1.59. The number of hydrogen-bond acceptors (Lipinski definition) is 3. The third kappa shape index (κ3) is 1.99. The van der Waals surface area contributed by atoms with E-state index in [1.165, 1.54) is 0 Å². The summed E-state index contributed by atoms with van der Waals surface area (Å²) >= 11 is 0. The van der Waals surface area contributed by atoms with Crippen LogP contribution in [0.5, 0.6) is 0 Å². The Morgan fingerprint density at radius 3 is 3.00 bits per heavy atom. The highest BCUT2D eigenvalue weighted by molar-refractivity contribution is 5.79. The third-order valence-electron chi connectivity index (χ3n) is 3.73. The molecule has 3 rings (SSSR count). The average Bonchev–Trinajstić information content (AvgIpc) is 2.61. The first-order valence-electron chi connectivity index (χ1n) is 6.73. The Kier molecular flexibility index (Phi) is 2.95. The second-order valence-electron chi connectivity index (χ2n) is 5.49. The second kappa shape index (κ2) is 4.51. The van der Waals surface area contributed by atoms with Crippen molar-refractivity contribution in [3.05, 3.63) is 34.2 Å². The van der Waals surface area contributed by atoms with Gasteiger partial charge in [0.25, 0.3) is 0 Å². The van der Waals surface area contributed by atoms with E-state index in [1.54, 1.807) is 4.57 Å². The fourth-order valence-corrected chi connectivity index (χ4v) is 2.95. The molecule has 0 spiro atoms. The first kappa shape index (κ1) is 12.4. The molecule has 5 nitrogen and oxygen atoms in total. The van der Waals surface area contributed by atoms with Gasteiger partial charge in [-0.1, -0.05) is 26.0 Å². The second-order valence-corrected chi connectivity index (χ2v) is 5.49. The number of aliphatic hydroxyl groups excluding tert-OH is 1. The van der Waals surface area contributed by atoms with Crippen LogP contribution in [0.15, 0.2) is 23.0 Å². The van der Waals surface area contributed by atoms with Gasteiger partial charge in [-0.3, -0.25) is 4.57 Å². The minimum Gasteiger partial charge on any atom is -0.387 e. The molecular formula is C14H19N3O2. The van der Waals surface area contributed by atoms with Gasteiger partial charge in [0.1, 0.15) is 0 Å². The zero-order chi connectivity index (χ0) is 13.6. The number of nitrogens with one attached hydrogen (secondary N) is 2. The molecular weight excluding hydrogens is 245 g/mol. The van der Waals surface area contributed by atoms with Crippen molar-refractivity contribution < 1.29 is 5.11 Å². The van der Waals surface area contributed by atoms with Crippen molar-refractivity contribution in [1.82, 2.24) is 14.9 Å². The number of H-pyrrole nitrogens is 1. The van der Waals surface area contributed by atoms with Gasteiger partial charge in [-0.25, -0.2) is 4.79 Å². The number of aliphatic hydroxyl groups is 1. The fourth-order valence-electron chi connectivity index (χ4n) is 2.95. The number of benzene rings is 1. The van der Waals surface area contributed by atoms with E-state index in [0.717, 1.165) is 23.0 Å². The molecule has 0 saturated heterocycles. The SMILES string of the molecule is CC(C)N[13C@@H]1[13CH2][13CH2]n2c(=O)[nH]c3cccc(c32)[C@H]1O. The van der Waals surface area contributed by atoms with E-state index in [-0.39, 0.29) is 11.7 Å². The lowest BCUT2D eigenvalue weighted by atomic mass is 10.1. The summed E-state index contributed by atoms with van der Waals surface area (Å²) in [6, 6.07) is 5.93. The molecule has 0 fully saturated rings. The summed E-state index contributed by atoms with van der Waals surface area (Å²) in [5.74, 6) is 0. The van der Waals surface area contributed by atoms with Gasteiger partial charge in [0.05, 0.1) is 17.1 Å². The molecule has 0 aliphatic carbocycles. The van der Waals surface area contributed by atoms with Crippen LogP contribution in [0.1, 0.15) is 31.9 Å². The molecule has 2 atom stereocenters. The number of para-hydroxylation sites is 1. The summed E-state index contributed by atoms with van der Waals surface area (Å²) in [7, 11) is 0. The molecule has 1 aromatic heterocycles. The predicted octanol–water partition coefficient (Wildman–Crippen LogP) is 1.13. The number of rotatable bonds is 2. The molecule has 0 bridgehead atoms. The number of aromatic amines is 1. The van der Waals surface area contributed by atoms with Gasteiger partial charge in [0.15, 0.2) is 0 Å². The summed E-state index contributed by atoms with van der Waals surface area (Å²) in [5, 5.41) is 14.0. The molecule has 0 saturated carbocycles. The Bertz CT molecular complexity index is 656. The van der Waals surface area contributed by atoms with Crippen LogP contribution in [0, 0.1) is 0 Å². The van der Waals surface area contributed by atoms with Gasteiger partial charge in [-0.15, -0.1) is 0 Å². The minimum absolute atomic E-state index is 0.0232. The third-order valence-corrected chi connectivity index (χ3v) is 3.73. The number of aromatic nitrogens is 2. The first-order valence-corrected chi connectivity index (χ1v) is 6.73. The van der Waals surface area contributed by atoms with Crippen LogP contribution >= 0.6 is 0 Å². The molecule has 0 radical (unpaired) electrons. The zero-order valence-corrected chi connectivity index (χ0v) is 11.2. The van der Waals surface area contributed by atoms with Gasteiger partial charge >= 0.3 is 5.69 Å². The average molecular weight is 264 g/mol. The topological polar surface area (TPSA) is 70.0 Å². The van der Waals surface area contributed by atoms with Crippen LogP contribution in [0.4, 0.5) is 0 Å². The monoisotopic (exact) mass is 264 g/mol. The molecule has 1 aliphatic heterocycles. The van der Waals surface area contributed by atoms with Gasteiger partial charge < -0.3 is 15.4 Å². The first-order chi connectivity index (χ1) is 9.08. The fraction of sp³-hybridized carbons (Fsp3) is 0.500. The Morgan fingerprint density at radius 2 is 2.26 bits per heavy atom. The zero-order valence-electron chi connectivity index (χ0n) is 11.2. The molecule has 2 aromatic rings. The lowest BCUT2D eigenvalue weighted by Gasteiger charge is -2.24. The van der Waals surface area contributed by atoms with Gasteiger partial charge in [-0.05, 0) is 12.5 Å². The number of nitrogens with zero attached hydrogens (tertiary/aromatic N) is 1. The summed E-state index contributed by atoms with van der Waals surface area (Å²) in [5.41, 5.74) is 2.37. The smallest absolute Gasteiger partial charge is 0.326 e. The van der Waals surface area contributed by atoms with E-state index in [4.69, 9.17) is 0 Å². The van der Waals surface area contributed by atoms with Gasteiger partial charge in [-0.2, -0.15) is 0 Å². The quantitative estimate of drug-likeness (QED) is 0.712. The number of imidazole rings is 1. The summed E-state index contributed by atoms with van der Waals surface area (Å²) in [4.78, 5) is 14.8. The van der Waals surface area contributed by atoms with E-state index in [9.17, 15) is 9.90 Å². The van der Waals surface area contributed by atoms with Crippen molar-refractivity contribution >= 4 is 11.0 Å². The Labute approximate surface area is 111 Å². The maximum Gasteiger partial charge on any atom is 0.326 e. The van der Waals surface area contributed by atoms with Crippen LogP contribution in [0.2, 0.25) is 0 Å². The van der Waals surface area contributed by atoms with E-state index in [0.29, 0.717) is 12.6 Å². The number of hydrogen-bond donors (Lipinski definition) is 3. The van der Waals surface area contributed by atoms with Crippen LogP contribution in [-0.4, -0.2) is 26.7 Å². The van der Waals surface area contributed by atoms with Crippen LogP contribution in [0.3, 0.4) is 0 Å². The van der Waals surface area contributed by atoms with Crippen molar-refractivity contribution in [2.24, 2.45) is 0 Å². The maximum absolute atomic E-state index is 11.9. The summed E-state index contributed by atoms with van der Waals surface area (Å²) in [6.45, 7) is 4.74. The predicted molar refractivity (Wildman–Crippen MR) is 74.2 cm³/mol. The lowest BCUT2D eigenvalue weighted by Crippen LogP contribution is -2.39. The van der Waals surface area contributed by atoms with Crippen LogP contribution < -0.4 is 11.0 Å². The highest BCUT2D eigenvalue weighted by Crippen LogP contribution is 2.29. The van der Waals surface area contributed by atoms with E-state index in [2.05, 4.69) is 24.1 Å².